The van der Waals surface area contributed by atoms with E-state index in [9.17, 15) is 4.79 Å². The number of amides is 1. The molecule has 0 radical (unpaired) electrons. The van der Waals surface area contributed by atoms with Crippen LogP contribution in [0.5, 0.6) is 0 Å². The Bertz CT molecular complexity index is 956. The maximum Gasteiger partial charge on any atom is 0.269 e. The Morgan fingerprint density at radius 3 is 2.37 bits per heavy atom. The van der Waals surface area contributed by atoms with Crippen LogP contribution in [0.25, 0.3) is 0 Å². The number of nitrogens with zero attached hydrogens (tertiary/aromatic N) is 3. The highest BCUT2D eigenvalue weighted by molar-refractivity contribution is 9.10. The van der Waals surface area contributed by atoms with Crippen molar-refractivity contribution in [2.24, 2.45) is 4.99 Å². The van der Waals surface area contributed by atoms with Gasteiger partial charge in [-0.2, -0.15) is 0 Å². The average molecular weight is 460 g/mol. The molecule has 2 heterocycles. The molecule has 27 heavy (non-hydrogen) atoms. The largest absolute Gasteiger partial charge is 0.334 e. The summed E-state index contributed by atoms with van der Waals surface area (Å²) >= 11 is 6.58. The third kappa shape index (κ3) is 3.44. The summed E-state index contributed by atoms with van der Waals surface area (Å²) in [6, 6.07) is 16.1. The number of para-hydroxylation sites is 1. The smallest absolute Gasteiger partial charge is 0.269 e. The van der Waals surface area contributed by atoms with Crippen LogP contribution in [0, 0.1) is 0 Å². The molecule has 1 fully saturated rings. The van der Waals surface area contributed by atoms with E-state index in [1.807, 2.05) is 43.3 Å². The first kappa shape index (κ1) is 18.7. The van der Waals surface area contributed by atoms with Crippen LogP contribution in [-0.4, -0.2) is 29.1 Å². The van der Waals surface area contributed by atoms with Crippen molar-refractivity contribution in [3.63, 3.8) is 0 Å². The lowest BCUT2D eigenvalue weighted by atomic mass is 10.3. The molecule has 4 rings (SSSR count). The van der Waals surface area contributed by atoms with Gasteiger partial charge in [-0.15, -0.1) is 0 Å². The lowest BCUT2D eigenvalue weighted by Gasteiger charge is -2.19. The van der Waals surface area contributed by atoms with Crippen molar-refractivity contribution >= 4 is 61.9 Å². The summed E-state index contributed by atoms with van der Waals surface area (Å²) in [6.45, 7) is 5.52. The number of benzene rings is 2. The number of carbonyl (C=O) groups excluding carboxylic acids is 1. The third-order valence-corrected chi connectivity index (χ3v) is 7.26. The number of hydrogen-bond donors (Lipinski definition) is 0. The molecule has 2 aliphatic rings. The molecule has 2 aromatic rings. The second-order valence-corrected chi connectivity index (χ2v) is 8.89. The van der Waals surface area contributed by atoms with Crippen LogP contribution in [0.3, 0.4) is 0 Å². The maximum absolute atomic E-state index is 13.1. The topological polar surface area (TPSA) is 35.9 Å². The van der Waals surface area contributed by atoms with E-state index in [1.165, 1.54) is 22.3 Å². The van der Waals surface area contributed by atoms with Gasteiger partial charge < -0.3 is 4.90 Å². The molecule has 0 N–H and O–H groups in total. The SMILES string of the molecule is CCN1C(=O)/C(=C2/Sc3ccccc3N2CC)SC1=Nc1ccc(Br)cc1. The Hall–Kier alpha value is -1.70. The van der Waals surface area contributed by atoms with Gasteiger partial charge in [0, 0.05) is 22.5 Å². The highest BCUT2D eigenvalue weighted by atomic mass is 79.9. The van der Waals surface area contributed by atoms with E-state index in [0.717, 1.165) is 31.8 Å². The molecular formula is C20H18BrN3OS2. The standard InChI is InChI=1S/C20H18BrN3OS2/c1-3-23-15-7-5-6-8-16(15)26-19(23)17-18(25)24(4-2)20(27-17)22-14-11-9-13(21)10-12-14/h5-12H,3-4H2,1-2H3/b19-17-,22-20?. The van der Waals surface area contributed by atoms with Crippen molar-refractivity contribution in [3.8, 4) is 0 Å². The fourth-order valence-electron chi connectivity index (χ4n) is 3.04. The maximum atomic E-state index is 13.1. The van der Waals surface area contributed by atoms with Gasteiger partial charge in [0.05, 0.1) is 11.4 Å². The van der Waals surface area contributed by atoms with Gasteiger partial charge in [-0.3, -0.25) is 9.69 Å². The van der Waals surface area contributed by atoms with Gasteiger partial charge in [0.2, 0.25) is 0 Å². The minimum absolute atomic E-state index is 0.0344. The number of thioether (sulfide) groups is 2. The Labute approximate surface area is 175 Å². The van der Waals surface area contributed by atoms with Crippen LogP contribution in [0.4, 0.5) is 11.4 Å². The van der Waals surface area contributed by atoms with Gasteiger partial charge in [-0.05, 0) is 62.0 Å². The predicted octanol–water partition coefficient (Wildman–Crippen LogP) is 5.83. The summed E-state index contributed by atoms with van der Waals surface area (Å²) < 4.78 is 1.01. The van der Waals surface area contributed by atoms with Gasteiger partial charge in [-0.25, -0.2) is 4.99 Å². The zero-order valence-electron chi connectivity index (χ0n) is 15.0. The van der Waals surface area contributed by atoms with E-state index in [-0.39, 0.29) is 5.91 Å². The summed E-state index contributed by atoms with van der Waals surface area (Å²) in [6.07, 6.45) is 0. The zero-order valence-corrected chi connectivity index (χ0v) is 18.2. The Morgan fingerprint density at radius 2 is 1.67 bits per heavy atom. The molecule has 0 spiro atoms. The van der Waals surface area contributed by atoms with Gasteiger partial charge in [-0.1, -0.05) is 39.8 Å². The molecule has 0 unspecified atom stereocenters. The number of rotatable bonds is 3. The second kappa shape index (κ2) is 7.73. The molecule has 0 aromatic heterocycles. The van der Waals surface area contributed by atoms with E-state index in [2.05, 4.69) is 39.9 Å². The number of halogens is 1. The summed E-state index contributed by atoms with van der Waals surface area (Å²) in [5, 5.41) is 1.74. The number of carbonyl (C=O) groups is 1. The quantitative estimate of drug-likeness (QED) is 0.540. The van der Waals surface area contributed by atoms with Gasteiger partial charge in [0.25, 0.3) is 5.91 Å². The lowest BCUT2D eigenvalue weighted by Crippen LogP contribution is -2.29. The Kier molecular flexibility index (Phi) is 5.34. The lowest BCUT2D eigenvalue weighted by molar-refractivity contribution is -0.122. The van der Waals surface area contributed by atoms with Crippen LogP contribution in [0.1, 0.15) is 13.8 Å². The van der Waals surface area contributed by atoms with Crippen molar-refractivity contribution in [3.05, 3.63) is 62.9 Å². The molecule has 0 bridgehead atoms. The highest BCUT2D eigenvalue weighted by Gasteiger charge is 2.38. The minimum atomic E-state index is 0.0344. The van der Waals surface area contributed by atoms with Crippen molar-refractivity contribution in [2.45, 2.75) is 18.7 Å². The first-order valence-electron chi connectivity index (χ1n) is 8.75. The highest BCUT2D eigenvalue weighted by Crippen LogP contribution is 2.50. The van der Waals surface area contributed by atoms with Gasteiger partial charge >= 0.3 is 0 Å². The predicted molar refractivity (Wildman–Crippen MR) is 119 cm³/mol. The van der Waals surface area contributed by atoms with Crippen molar-refractivity contribution < 1.29 is 4.79 Å². The van der Waals surface area contributed by atoms with Crippen molar-refractivity contribution in [2.75, 3.05) is 18.0 Å². The fraction of sp³-hybridized carbons (Fsp3) is 0.200. The minimum Gasteiger partial charge on any atom is -0.334 e. The van der Waals surface area contributed by atoms with Gasteiger partial charge in [0.15, 0.2) is 5.17 Å². The number of likely N-dealkylation sites (N-methyl/N-ethyl adjacent to an activating group) is 1. The number of amidine groups is 1. The molecule has 4 nitrogen and oxygen atoms in total. The van der Waals surface area contributed by atoms with Crippen LogP contribution in [0.2, 0.25) is 0 Å². The average Bonchev–Trinajstić information content (AvgIpc) is 3.20. The van der Waals surface area contributed by atoms with Crippen LogP contribution >= 0.6 is 39.5 Å². The molecule has 1 amide bonds. The molecule has 7 heteroatoms. The molecule has 2 aliphatic heterocycles. The van der Waals surface area contributed by atoms with Crippen molar-refractivity contribution in [1.82, 2.24) is 4.90 Å². The van der Waals surface area contributed by atoms with Crippen LogP contribution < -0.4 is 4.90 Å². The summed E-state index contributed by atoms with van der Waals surface area (Å²) in [4.78, 5) is 23.8. The number of anilines is 1. The third-order valence-electron chi connectivity index (χ3n) is 4.35. The normalized spacial score (nSPS) is 20.7. The van der Waals surface area contributed by atoms with Gasteiger partial charge in [0.1, 0.15) is 9.93 Å². The number of aliphatic imine (C=N–C) groups is 1. The zero-order chi connectivity index (χ0) is 19.0. The van der Waals surface area contributed by atoms with E-state index in [4.69, 9.17) is 4.99 Å². The molecule has 0 atom stereocenters. The first-order valence-corrected chi connectivity index (χ1v) is 11.2. The monoisotopic (exact) mass is 459 g/mol. The van der Waals surface area contributed by atoms with Crippen LogP contribution in [0.15, 0.2) is 72.8 Å². The summed E-state index contributed by atoms with van der Waals surface area (Å²) in [7, 11) is 0. The van der Waals surface area contributed by atoms with Crippen molar-refractivity contribution in [1.29, 1.82) is 0 Å². The molecule has 1 saturated heterocycles. The van der Waals surface area contributed by atoms with E-state index < -0.39 is 0 Å². The first-order chi connectivity index (χ1) is 13.1. The molecular weight excluding hydrogens is 442 g/mol. The summed E-state index contributed by atoms with van der Waals surface area (Å²) in [5.41, 5.74) is 2.01. The van der Waals surface area contributed by atoms with Crippen LogP contribution in [-0.2, 0) is 4.79 Å². The Balaban J connectivity index is 1.74. The van der Waals surface area contributed by atoms with E-state index >= 15 is 0 Å². The molecule has 2 aromatic carbocycles. The number of fused-ring (bicyclic) bond motifs is 1. The molecule has 138 valence electrons. The molecule has 0 saturated carbocycles. The number of hydrogen-bond acceptors (Lipinski definition) is 5. The fourth-order valence-corrected chi connectivity index (χ4v) is 5.76. The van der Waals surface area contributed by atoms with E-state index in [1.54, 1.807) is 16.7 Å². The Morgan fingerprint density at radius 1 is 0.963 bits per heavy atom. The second-order valence-electron chi connectivity index (χ2n) is 5.97. The summed E-state index contributed by atoms with van der Waals surface area (Å²) in [5.74, 6) is 0.0344. The van der Waals surface area contributed by atoms with E-state index in [0.29, 0.717) is 6.54 Å². The molecule has 0 aliphatic carbocycles.